The zero-order valence-corrected chi connectivity index (χ0v) is 16.9. The van der Waals surface area contributed by atoms with Gasteiger partial charge in [-0.15, -0.1) is 11.3 Å². The lowest BCUT2D eigenvalue weighted by atomic mass is 10.1. The van der Waals surface area contributed by atoms with E-state index in [1.165, 1.54) is 11.3 Å². The van der Waals surface area contributed by atoms with Gasteiger partial charge in [0.1, 0.15) is 0 Å². The average Bonchev–Trinajstić information content (AvgIpc) is 3.30. The zero-order valence-electron chi connectivity index (χ0n) is 15.3. The summed E-state index contributed by atoms with van der Waals surface area (Å²) < 4.78 is 33.3. The van der Waals surface area contributed by atoms with Crippen LogP contribution in [0.2, 0.25) is 0 Å². The van der Waals surface area contributed by atoms with Gasteiger partial charge in [-0.1, -0.05) is 41.9 Å². The molecule has 1 aliphatic heterocycles. The summed E-state index contributed by atoms with van der Waals surface area (Å²) in [5.41, 5.74) is 0.857. The Morgan fingerprint density at radius 1 is 1.22 bits per heavy atom. The second-order valence-electron chi connectivity index (χ2n) is 6.78. The number of rotatable bonds is 4. The van der Waals surface area contributed by atoms with E-state index < -0.39 is 10.0 Å². The highest BCUT2D eigenvalue weighted by molar-refractivity contribution is 7.89. The van der Waals surface area contributed by atoms with Crippen molar-refractivity contribution in [3.05, 3.63) is 41.3 Å². The maximum atomic E-state index is 13.2. The lowest BCUT2D eigenvalue weighted by Crippen LogP contribution is -2.41. The molecule has 0 aliphatic carbocycles. The Morgan fingerprint density at radius 3 is 2.74 bits per heavy atom. The molecule has 0 bridgehead atoms. The summed E-state index contributed by atoms with van der Waals surface area (Å²) in [6.07, 6.45) is 2.88. The number of aromatic nitrogens is 2. The summed E-state index contributed by atoms with van der Waals surface area (Å²) in [5.74, 6) is 0.834. The Labute approximate surface area is 162 Å². The standard InChI is InChI=1S/C19H21N3O3S2/c1-13-8-6-7-11-22(13)27(23,24)17-12-16(26-14(17)2)19-20-18(21-25-19)15-9-4-3-5-10-15/h3-5,9-10,12-13H,6-8,11H2,1-2H3/t13-/m0/s1. The maximum Gasteiger partial charge on any atom is 0.268 e. The molecular weight excluding hydrogens is 382 g/mol. The van der Waals surface area contributed by atoms with Gasteiger partial charge < -0.3 is 4.52 Å². The summed E-state index contributed by atoms with van der Waals surface area (Å²) in [6, 6.07) is 11.2. The third-order valence-corrected chi connectivity index (χ3v) is 8.18. The van der Waals surface area contributed by atoms with E-state index in [0.29, 0.717) is 28.0 Å². The molecule has 27 heavy (non-hydrogen) atoms. The third kappa shape index (κ3) is 3.44. The van der Waals surface area contributed by atoms with Crippen LogP contribution >= 0.6 is 11.3 Å². The van der Waals surface area contributed by atoms with Crippen molar-refractivity contribution in [3.8, 4) is 22.2 Å². The molecule has 1 fully saturated rings. The Hall–Kier alpha value is -2.03. The van der Waals surface area contributed by atoms with E-state index in [1.807, 2.05) is 44.2 Å². The normalized spacial score (nSPS) is 18.7. The molecule has 6 nitrogen and oxygen atoms in total. The lowest BCUT2D eigenvalue weighted by Gasteiger charge is -2.32. The minimum absolute atomic E-state index is 0.0274. The fourth-order valence-electron chi connectivity index (χ4n) is 3.41. The first-order valence-corrected chi connectivity index (χ1v) is 11.2. The Kier molecular flexibility index (Phi) is 4.88. The number of nitrogens with zero attached hydrogens (tertiary/aromatic N) is 3. The van der Waals surface area contributed by atoms with Crippen LogP contribution in [-0.4, -0.2) is 35.5 Å². The number of piperidine rings is 1. The van der Waals surface area contributed by atoms with Gasteiger partial charge in [0.05, 0.1) is 9.77 Å². The molecule has 1 aliphatic rings. The molecular formula is C19H21N3O3S2. The first-order chi connectivity index (χ1) is 13.0. The molecule has 0 spiro atoms. The molecule has 0 radical (unpaired) electrons. The van der Waals surface area contributed by atoms with E-state index in [-0.39, 0.29) is 6.04 Å². The third-order valence-electron chi connectivity index (χ3n) is 4.87. The number of benzene rings is 1. The summed E-state index contributed by atoms with van der Waals surface area (Å²) >= 11 is 1.37. The average molecular weight is 404 g/mol. The first kappa shape index (κ1) is 18.3. The van der Waals surface area contributed by atoms with Crippen molar-refractivity contribution in [3.63, 3.8) is 0 Å². The van der Waals surface area contributed by atoms with Crippen LogP contribution in [0.3, 0.4) is 0 Å². The van der Waals surface area contributed by atoms with Crippen molar-refractivity contribution in [1.82, 2.24) is 14.4 Å². The topological polar surface area (TPSA) is 76.3 Å². The maximum absolute atomic E-state index is 13.2. The number of hydrogen-bond acceptors (Lipinski definition) is 6. The van der Waals surface area contributed by atoms with Crippen LogP contribution in [0.1, 0.15) is 31.1 Å². The van der Waals surface area contributed by atoms with Crippen molar-refractivity contribution in [2.45, 2.75) is 44.0 Å². The number of aryl methyl sites for hydroxylation is 1. The van der Waals surface area contributed by atoms with Gasteiger partial charge in [0.15, 0.2) is 0 Å². The van der Waals surface area contributed by atoms with Crippen LogP contribution in [0, 0.1) is 6.92 Å². The van der Waals surface area contributed by atoms with E-state index in [9.17, 15) is 8.42 Å². The van der Waals surface area contributed by atoms with Crippen LogP contribution in [0.4, 0.5) is 0 Å². The molecule has 1 atom stereocenters. The van der Waals surface area contributed by atoms with Gasteiger partial charge in [-0.25, -0.2) is 8.42 Å². The number of sulfonamides is 1. The van der Waals surface area contributed by atoms with E-state index in [0.717, 1.165) is 29.7 Å². The molecule has 8 heteroatoms. The highest BCUT2D eigenvalue weighted by Gasteiger charge is 2.33. The van der Waals surface area contributed by atoms with Crippen molar-refractivity contribution >= 4 is 21.4 Å². The molecule has 2 aromatic heterocycles. The van der Waals surface area contributed by atoms with Crippen LogP contribution in [0.15, 0.2) is 45.8 Å². The molecule has 0 saturated carbocycles. The van der Waals surface area contributed by atoms with Crippen LogP contribution in [0.25, 0.3) is 22.2 Å². The zero-order chi connectivity index (χ0) is 19.0. The van der Waals surface area contributed by atoms with Crippen molar-refractivity contribution in [2.24, 2.45) is 0 Å². The van der Waals surface area contributed by atoms with E-state index in [4.69, 9.17) is 4.52 Å². The minimum Gasteiger partial charge on any atom is -0.333 e. The first-order valence-electron chi connectivity index (χ1n) is 8.98. The van der Waals surface area contributed by atoms with Crippen molar-refractivity contribution < 1.29 is 12.9 Å². The van der Waals surface area contributed by atoms with Crippen LogP contribution < -0.4 is 0 Å². The summed E-state index contributed by atoms with van der Waals surface area (Å²) in [4.78, 5) is 6.19. The smallest absolute Gasteiger partial charge is 0.268 e. The Morgan fingerprint density at radius 2 is 2.00 bits per heavy atom. The highest BCUT2D eigenvalue weighted by atomic mass is 32.2. The molecule has 3 heterocycles. The van der Waals surface area contributed by atoms with E-state index >= 15 is 0 Å². The number of thiophene rings is 1. The summed E-state index contributed by atoms with van der Waals surface area (Å²) in [7, 11) is -3.52. The highest BCUT2D eigenvalue weighted by Crippen LogP contribution is 2.36. The molecule has 3 aromatic rings. The lowest BCUT2D eigenvalue weighted by molar-refractivity contribution is 0.268. The monoisotopic (exact) mass is 403 g/mol. The van der Waals surface area contributed by atoms with Gasteiger partial charge in [-0.05, 0) is 32.8 Å². The van der Waals surface area contributed by atoms with Gasteiger partial charge in [0, 0.05) is 23.0 Å². The SMILES string of the molecule is Cc1sc(-c2nc(-c3ccccc3)no2)cc1S(=O)(=O)N1CCCC[C@@H]1C. The molecule has 1 saturated heterocycles. The molecule has 0 N–H and O–H groups in total. The Balaban J connectivity index is 1.67. The van der Waals surface area contributed by atoms with Crippen LogP contribution in [0.5, 0.6) is 0 Å². The fraction of sp³-hybridized carbons (Fsp3) is 0.368. The fourth-order valence-corrected chi connectivity index (χ4v) is 6.59. The molecule has 142 valence electrons. The van der Waals surface area contributed by atoms with Gasteiger partial charge in [0.25, 0.3) is 5.89 Å². The minimum atomic E-state index is -3.52. The molecule has 0 amide bonds. The second-order valence-corrected chi connectivity index (χ2v) is 9.90. The number of hydrogen-bond donors (Lipinski definition) is 0. The van der Waals surface area contributed by atoms with Crippen LogP contribution in [-0.2, 0) is 10.0 Å². The Bertz CT molecular complexity index is 1040. The van der Waals surface area contributed by atoms with Gasteiger partial charge in [0.2, 0.25) is 15.8 Å². The second kappa shape index (κ2) is 7.18. The van der Waals surface area contributed by atoms with E-state index in [2.05, 4.69) is 10.1 Å². The summed E-state index contributed by atoms with van der Waals surface area (Å²) in [6.45, 7) is 4.38. The van der Waals surface area contributed by atoms with Gasteiger partial charge in [-0.2, -0.15) is 9.29 Å². The predicted octanol–water partition coefficient (Wildman–Crippen LogP) is 4.34. The van der Waals surface area contributed by atoms with Crippen molar-refractivity contribution in [2.75, 3.05) is 6.54 Å². The van der Waals surface area contributed by atoms with Gasteiger partial charge in [-0.3, -0.25) is 0 Å². The largest absolute Gasteiger partial charge is 0.333 e. The molecule has 0 unspecified atom stereocenters. The van der Waals surface area contributed by atoms with E-state index in [1.54, 1.807) is 10.4 Å². The quantitative estimate of drug-likeness (QED) is 0.648. The predicted molar refractivity (Wildman–Crippen MR) is 105 cm³/mol. The van der Waals surface area contributed by atoms with Crippen molar-refractivity contribution in [1.29, 1.82) is 0 Å². The molecule has 1 aromatic carbocycles. The summed E-state index contributed by atoms with van der Waals surface area (Å²) in [5, 5.41) is 4.03. The van der Waals surface area contributed by atoms with Gasteiger partial charge >= 0.3 is 0 Å². The molecule has 4 rings (SSSR count).